The van der Waals surface area contributed by atoms with Crippen molar-refractivity contribution in [3.05, 3.63) is 41.5 Å². The van der Waals surface area contributed by atoms with Crippen LogP contribution in [-0.2, 0) is 13.2 Å². The van der Waals surface area contributed by atoms with Gasteiger partial charge in [0, 0.05) is 6.54 Å². The molecule has 0 fully saturated rings. The molecule has 0 bridgehead atoms. The lowest BCUT2D eigenvalue weighted by Crippen LogP contribution is -2.06. The predicted molar refractivity (Wildman–Crippen MR) is 66.6 cm³/mol. The van der Waals surface area contributed by atoms with E-state index in [9.17, 15) is 4.79 Å². The Hall–Kier alpha value is -2.17. The molecule has 0 saturated carbocycles. The second-order valence-electron chi connectivity index (χ2n) is 3.92. The number of hydrogen-bond donors (Lipinski definition) is 0. The third kappa shape index (κ3) is 2.74. The van der Waals surface area contributed by atoms with Gasteiger partial charge >= 0.3 is 0 Å². The number of carbonyl (C=O) groups excluding carboxylic acids is 1. The van der Waals surface area contributed by atoms with E-state index in [1.54, 1.807) is 18.3 Å². The molecule has 0 aliphatic rings. The van der Waals surface area contributed by atoms with Crippen LogP contribution < -0.4 is 4.74 Å². The van der Waals surface area contributed by atoms with E-state index in [4.69, 9.17) is 4.74 Å². The number of aryl methyl sites for hydroxylation is 2. The third-order valence-corrected chi connectivity index (χ3v) is 2.55. The maximum atomic E-state index is 10.5. The molecule has 0 aliphatic heterocycles. The van der Waals surface area contributed by atoms with Crippen molar-refractivity contribution < 1.29 is 9.53 Å². The van der Waals surface area contributed by atoms with Crippen molar-refractivity contribution in [2.75, 3.05) is 0 Å². The minimum atomic E-state index is 0.400. The van der Waals surface area contributed by atoms with E-state index in [-0.39, 0.29) is 0 Å². The topological polar surface area (TPSA) is 57.0 Å². The molecular weight excluding hydrogens is 230 g/mol. The largest absolute Gasteiger partial charge is 0.486 e. The summed E-state index contributed by atoms with van der Waals surface area (Å²) in [5.74, 6) is 0.641. The van der Waals surface area contributed by atoms with E-state index in [1.165, 1.54) is 0 Å². The quantitative estimate of drug-likeness (QED) is 0.756. The van der Waals surface area contributed by atoms with Crippen molar-refractivity contribution in [2.45, 2.75) is 27.0 Å². The first kappa shape index (κ1) is 12.3. The van der Waals surface area contributed by atoms with Crippen LogP contribution in [0.1, 0.15) is 28.8 Å². The number of hydrogen-bond acceptors (Lipinski definition) is 4. The summed E-state index contributed by atoms with van der Waals surface area (Å²) in [6.45, 7) is 5.25. The lowest BCUT2D eigenvalue weighted by molar-refractivity contribution is 0.111. The Morgan fingerprint density at radius 2 is 2.28 bits per heavy atom. The van der Waals surface area contributed by atoms with Gasteiger partial charge in [-0.25, -0.2) is 4.98 Å². The van der Waals surface area contributed by atoms with Crippen LogP contribution in [0.4, 0.5) is 0 Å². The fraction of sp³-hybridized carbons (Fsp3) is 0.308. The van der Waals surface area contributed by atoms with Crippen LogP contribution >= 0.6 is 0 Å². The highest BCUT2D eigenvalue weighted by Crippen LogP contribution is 2.12. The van der Waals surface area contributed by atoms with E-state index in [1.807, 2.05) is 24.6 Å². The number of carbonyl (C=O) groups is 1. The van der Waals surface area contributed by atoms with E-state index in [0.717, 1.165) is 17.9 Å². The summed E-state index contributed by atoms with van der Waals surface area (Å²) in [7, 11) is 0. The number of ether oxygens (including phenoxy) is 1. The van der Waals surface area contributed by atoms with Crippen molar-refractivity contribution in [1.29, 1.82) is 0 Å². The third-order valence-electron chi connectivity index (χ3n) is 2.55. The van der Waals surface area contributed by atoms with Crippen molar-refractivity contribution in [3.8, 4) is 5.75 Å². The number of aldehydes is 1. The summed E-state index contributed by atoms with van der Waals surface area (Å²) in [6, 6.07) is 5.36. The Labute approximate surface area is 105 Å². The Bertz CT molecular complexity index is 532. The monoisotopic (exact) mass is 245 g/mol. The normalized spacial score (nSPS) is 10.3. The molecular formula is C13H15N3O2. The Morgan fingerprint density at radius 1 is 1.44 bits per heavy atom. The van der Waals surface area contributed by atoms with Gasteiger partial charge < -0.3 is 4.74 Å². The Balaban J connectivity index is 2.03. The van der Waals surface area contributed by atoms with E-state index in [2.05, 4.69) is 10.1 Å². The lowest BCUT2D eigenvalue weighted by Gasteiger charge is -2.07. The molecule has 0 spiro atoms. The fourth-order valence-corrected chi connectivity index (χ4v) is 1.69. The van der Waals surface area contributed by atoms with Gasteiger partial charge in [-0.3, -0.25) is 9.48 Å². The summed E-state index contributed by atoms with van der Waals surface area (Å²) < 4.78 is 7.51. The van der Waals surface area contributed by atoms with Crippen molar-refractivity contribution >= 4 is 6.29 Å². The molecule has 2 aromatic rings. The Morgan fingerprint density at radius 3 is 2.89 bits per heavy atom. The number of aromatic nitrogens is 3. The molecule has 2 heterocycles. The molecule has 0 aromatic carbocycles. The van der Waals surface area contributed by atoms with Gasteiger partial charge in [-0.2, -0.15) is 5.10 Å². The zero-order chi connectivity index (χ0) is 13.0. The molecule has 5 nitrogen and oxygen atoms in total. The first-order valence-electron chi connectivity index (χ1n) is 5.80. The first-order chi connectivity index (χ1) is 8.72. The summed E-state index contributed by atoms with van der Waals surface area (Å²) in [5, 5.41) is 4.34. The van der Waals surface area contributed by atoms with Crippen molar-refractivity contribution in [1.82, 2.24) is 14.8 Å². The molecule has 5 heteroatoms. The first-order valence-corrected chi connectivity index (χ1v) is 5.80. The highest BCUT2D eigenvalue weighted by molar-refractivity contribution is 5.71. The minimum absolute atomic E-state index is 0.400. The average molecular weight is 245 g/mol. The van der Waals surface area contributed by atoms with Gasteiger partial charge in [0.05, 0.1) is 17.6 Å². The second kappa shape index (κ2) is 5.44. The van der Waals surface area contributed by atoms with Crippen molar-refractivity contribution in [2.24, 2.45) is 0 Å². The molecule has 0 unspecified atom stereocenters. The van der Waals surface area contributed by atoms with E-state index in [0.29, 0.717) is 24.3 Å². The summed E-state index contributed by atoms with van der Waals surface area (Å²) in [6.07, 6.45) is 2.25. The summed E-state index contributed by atoms with van der Waals surface area (Å²) in [5.41, 5.74) is 2.40. The SMILES string of the molecule is CCn1nc(C)cc1COc1ccc(C=O)nc1. The smallest absolute Gasteiger partial charge is 0.168 e. The maximum absolute atomic E-state index is 10.5. The van der Waals surface area contributed by atoms with Gasteiger partial charge in [0.2, 0.25) is 0 Å². The molecule has 0 saturated heterocycles. The molecule has 94 valence electrons. The van der Waals surface area contributed by atoms with Gasteiger partial charge in [-0.05, 0) is 32.0 Å². The second-order valence-corrected chi connectivity index (χ2v) is 3.92. The van der Waals surface area contributed by atoms with Crippen LogP contribution in [0.5, 0.6) is 5.75 Å². The molecule has 0 N–H and O–H groups in total. The highest BCUT2D eigenvalue weighted by Gasteiger charge is 2.05. The van der Waals surface area contributed by atoms with Gasteiger partial charge in [-0.1, -0.05) is 0 Å². The number of nitrogens with zero attached hydrogens (tertiary/aromatic N) is 3. The minimum Gasteiger partial charge on any atom is -0.486 e. The molecule has 0 atom stereocenters. The average Bonchev–Trinajstić information content (AvgIpc) is 2.77. The highest BCUT2D eigenvalue weighted by atomic mass is 16.5. The van der Waals surface area contributed by atoms with Crippen molar-refractivity contribution in [3.63, 3.8) is 0 Å². The molecule has 0 radical (unpaired) electrons. The fourth-order valence-electron chi connectivity index (χ4n) is 1.69. The van der Waals surface area contributed by atoms with E-state index < -0.39 is 0 Å². The van der Waals surface area contributed by atoms with Gasteiger partial charge in [-0.15, -0.1) is 0 Å². The van der Waals surface area contributed by atoms with E-state index >= 15 is 0 Å². The van der Waals surface area contributed by atoms with Gasteiger partial charge in [0.15, 0.2) is 6.29 Å². The van der Waals surface area contributed by atoms with Crippen LogP contribution in [0.3, 0.4) is 0 Å². The zero-order valence-electron chi connectivity index (χ0n) is 10.5. The van der Waals surface area contributed by atoms with Crippen LogP contribution in [0.25, 0.3) is 0 Å². The molecule has 2 aromatic heterocycles. The summed E-state index contributed by atoms with van der Waals surface area (Å²) in [4.78, 5) is 14.4. The van der Waals surface area contributed by atoms with Crippen LogP contribution in [-0.4, -0.2) is 21.1 Å². The van der Waals surface area contributed by atoms with Crippen LogP contribution in [0, 0.1) is 6.92 Å². The van der Waals surface area contributed by atoms with Crippen LogP contribution in [0.15, 0.2) is 24.4 Å². The van der Waals surface area contributed by atoms with Crippen LogP contribution in [0.2, 0.25) is 0 Å². The molecule has 2 rings (SSSR count). The lowest BCUT2D eigenvalue weighted by atomic mass is 10.3. The maximum Gasteiger partial charge on any atom is 0.168 e. The molecule has 0 aliphatic carbocycles. The molecule has 18 heavy (non-hydrogen) atoms. The Kier molecular flexibility index (Phi) is 3.72. The van der Waals surface area contributed by atoms with Gasteiger partial charge in [0.25, 0.3) is 0 Å². The molecule has 0 amide bonds. The number of rotatable bonds is 5. The number of pyridine rings is 1. The summed E-state index contributed by atoms with van der Waals surface area (Å²) >= 11 is 0. The zero-order valence-corrected chi connectivity index (χ0v) is 10.5. The van der Waals surface area contributed by atoms with Gasteiger partial charge in [0.1, 0.15) is 18.1 Å². The predicted octanol–water partition coefficient (Wildman–Crippen LogP) is 2.00. The standard InChI is InChI=1S/C13H15N3O2/c1-3-16-12(6-10(2)15-16)9-18-13-5-4-11(8-17)14-7-13/h4-8H,3,9H2,1-2H3.